The minimum Gasteiger partial charge on any atom is -0.306 e. The van der Waals surface area contributed by atoms with Crippen LogP contribution in [0.2, 0.25) is 0 Å². The summed E-state index contributed by atoms with van der Waals surface area (Å²) < 4.78 is 49.8. The van der Waals surface area contributed by atoms with E-state index in [9.17, 15) is 22.0 Å². The Morgan fingerprint density at radius 1 is 1.39 bits per heavy atom. The summed E-state index contributed by atoms with van der Waals surface area (Å²) in [5.41, 5.74) is -1.44. The molecule has 2 aliphatic rings. The van der Waals surface area contributed by atoms with Gasteiger partial charge in [0, 0.05) is 5.92 Å². The van der Waals surface area contributed by atoms with Crippen LogP contribution >= 0.6 is 0 Å². The van der Waals surface area contributed by atoms with Crippen LogP contribution in [0.1, 0.15) is 26.2 Å². The van der Waals surface area contributed by atoms with Gasteiger partial charge >= 0.3 is 0 Å². The molecule has 2 rings (SSSR count). The molecule has 0 spiro atoms. The van der Waals surface area contributed by atoms with Crippen molar-refractivity contribution in [3.05, 3.63) is 0 Å². The smallest absolute Gasteiger partial charge is 0.254 e. The second-order valence-electron chi connectivity index (χ2n) is 5.25. The van der Waals surface area contributed by atoms with Gasteiger partial charge in [-0.05, 0) is 33.2 Å². The number of rotatable bonds is 5. The first-order valence-corrected chi connectivity index (χ1v) is 7.21. The van der Waals surface area contributed by atoms with Crippen LogP contribution in [0.3, 0.4) is 0 Å². The first-order chi connectivity index (χ1) is 8.18. The molecule has 2 N–H and O–H groups in total. The second kappa shape index (κ2) is 3.86. The lowest BCUT2D eigenvalue weighted by atomic mass is 10.2. The molecule has 0 aromatic carbocycles. The highest BCUT2D eigenvalue weighted by Crippen LogP contribution is 2.48. The summed E-state index contributed by atoms with van der Waals surface area (Å²) in [5, 5.41) is 2.52. The Kier molecular flexibility index (Phi) is 2.93. The molecule has 18 heavy (non-hydrogen) atoms. The summed E-state index contributed by atoms with van der Waals surface area (Å²) in [6.07, 6.45) is -1.71. The highest BCUT2D eigenvalue weighted by atomic mass is 32.2. The lowest BCUT2D eigenvalue weighted by molar-refractivity contribution is -0.123. The molecule has 0 radical (unpaired) electrons. The Bertz CT molecular complexity index is 476. The van der Waals surface area contributed by atoms with E-state index in [2.05, 4.69) is 5.32 Å². The van der Waals surface area contributed by atoms with Crippen LogP contribution in [-0.4, -0.2) is 38.1 Å². The Morgan fingerprint density at radius 3 is 2.28 bits per heavy atom. The fourth-order valence-corrected chi connectivity index (χ4v) is 3.35. The van der Waals surface area contributed by atoms with Crippen molar-refractivity contribution in [1.29, 1.82) is 0 Å². The number of nitrogens with one attached hydrogen (secondary N) is 2. The number of carbonyl (C=O) groups is 1. The SMILES string of the molecule is CNC1(C(=O)NS(=O)(=O)C2(C)CC2)CC1C(F)F. The monoisotopic (exact) mass is 282 g/mol. The Hall–Kier alpha value is -0.760. The average molecular weight is 282 g/mol. The first-order valence-electron chi connectivity index (χ1n) is 5.72. The zero-order chi connectivity index (χ0) is 13.8. The number of amides is 1. The standard InChI is InChI=1S/C10H16F2N2O3S/c1-9(3-4-9)18(16,17)14-8(15)10(13-2)5-6(10)7(11)12/h6-7,13H,3-5H2,1-2H3,(H,14,15). The van der Waals surface area contributed by atoms with Crippen LogP contribution < -0.4 is 10.0 Å². The van der Waals surface area contributed by atoms with Crippen molar-refractivity contribution in [2.75, 3.05) is 7.05 Å². The van der Waals surface area contributed by atoms with Crippen molar-refractivity contribution >= 4 is 15.9 Å². The van der Waals surface area contributed by atoms with Crippen molar-refractivity contribution in [1.82, 2.24) is 10.0 Å². The van der Waals surface area contributed by atoms with E-state index in [0.717, 1.165) is 0 Å². The molecule has 0 heterocycles. The average Bonchev–Trinajstić information content (AvgIpc) is 3.11. The van der Waals surface area contributed by atoms with Crippen LogP contribution in [0.4, 0.5) is 8.78 Å². The molecule has 8 heteroatoms. The van der Waals surface area contributed by atoms with E-state index in [1.807, 2.05) is 4.72 Å². The molecule has 0 aromatic rings. The first kappa shape index (κ1) is 13.7. The van der Waals surface area contributed by atoms with E-state index in [1.54, 1.807) is 0 Å². The molecule has 2 fully saturated rings. The molecular formula is C10H16F2N2O3S. The molecule has 0 aliphatic heterocycles. The van der Waals surface area contributed by atoms with Crippen LogP contribution in [0.15, 0.2) is 0 Å². The van der Waals surface area contributed by atoms with Gasteiger partial charge in [-0.2, -0.15) is 0 Å². The molecule has 2 unspecified atom stereocenters. The van der Waals surface area contributed by atoms with Crippen molar-refractivity contribution < 1.29 is 22.0 Å². The van der Waals surface area contributed by atoms with E-state index in [0.29, 0.717) is 12.8 Å². The van der Waals surface area contributed by atoms with Gasteiger partial charge in [0.25, 0.3) is 5.91 Å². The quantitative estimate of drug-likeness (QED) is 0.757. The van der Waals surface area contributed by atoms with E-state index < -0.39 is 38.6 Å². The summed E-state index contributed by atoms with van der Waals surface area (Å²) >= 11 is 0. The van der Waals surface area contributed by atoms with Gasteiger partial charge in [-0.3, -0.25) is 9.52 Å². The van der Waals surface area contributed by atoms with Gasteiger partial charge in [0.1, 0.15) is 5.54 Å². The van der Waals surface area contributed by atoms with Crippen LogP contribution in [0, 0.1) is 5.92 Å². The molecule has 104 valence electrons. The maximum absolute atomic E-state index is 12.6. The van der Waals surface area contributed by atoms with Gasteiger partial charge in [0.15, 0.2) is 0 Å². The highest BCUT2D eigenvalue weighted by Gasteiger charge is 2.65. The number of halogens is 2. The maximum Gasteiger partial charge on any atom is 0.254 e. The van der Waals surface area contributed by atoms with Crippen molar-refractivity contribution in [2.45, 2.75) is 42.9 Å². The Balaban J connectivity index is 2.09. The molecule has 2 saturated carbocycles. The van der Waals surface area contributed by atoms with Gasteiger partial charge in [0.2, 0.25) is 16.4 Å². The lowest BCUT2D eigenvalue weighted by Crippen LogP contribution is -2.51. The van der Waals surface area contributed by atoms with Crippen LogP contribution in [-0.2, 0) is 14.8 Å². The molecule has 5 nitrogen and oxygen atoms in total. The number of hydrogen-bond acceptors (Lipinski definition) is 4. The van der Waals surface area contributed by atoms with Crippen LogP contribution in [0.5, 0.6) is 0 Å². The molecule has 0 aromatic heterocycles. The summed E-state index contributed by atoms with van der Waals surface area (Å²) in [4.78, 5) is 11.9. The predicted molar refractivity (Wildman–Crippen MR) is 60.6 cm³/mol. The number of likely N-dealkylation sites (N-methyl/N-ethyl adjacent to an activating group) is 1. The third-order valence-electron chi connectivity index (χ3n) is 4.00. The second-order valence-corrected chi connectivity index (χ2v) is 7.45. The van der Waals surface area contributed by atoms with Gasteiger partial charge < -0.3 is 5.32 Å². The van der Waals surface area contributed by atoms with E-state index >= 15 is 0 Å². The van der Waals surface area contributed by atoms with E-state index in [1.165, 1.54) is 14.0 Å². The van der Waals surface area contributed by atoms with E-state index in [4.69, 9.17) is 0 Å². The van der Waals surface area contributed by atoms with E-state index in [-0.39, 0.29) is 6.42 Å². The third-order valence-corrected chi connectivity index (χ3v) is 6.16. The number of alkyl halides is 2. The molecular weight excluding hydrogens is 266 g/mol. The minimum atomic E-state index is -3.77. The summed E-state index contributed by atoms with van der Waals surface area (Å²) in [6.45, 7) is 1.53. The summed E-state index contributed by atoms with van der Waals surface area (Å²) in [6, 6.07) is 0. The fourth-order valence-electron chi connectivity index (χ4n) is 2.04. The topological polar surface area (TPSA) is 75.3 Å². The molecule has 2 atom stereocenters. The zero-order valence-corrected chi connectivity index (χ0v) is 11.0. The fraction of sp³-hybridized carbons (Fsp3) is 0.900. The summed E-state index contributed by atoms with van der Waals surface area (Å²) in [7, 11) is -2.39. The number of hydrogen-bond donors (Lipinski definition) is 2. The lowest BCUT2D eigenvalue weighted by Gasteiger charge is -2.18. The normalized spacial score (nSPS) is 33.3. The molecule has 1 amide bonds. The third kappa shape index (κ3) is 1.91. The molecule has 2 aliphatic carbocycles. The number of sulfonamides is 1. The molecule has 0 bridgehead atoms. The maximum atomic E-state index is 12.6. The van der Waals surface area contributed by atoms with Crippen molar-refractivity contribution in [2.24, 2.45) is 5.92 Å². The minimum absolute atomic E-state index is 0.0424. The van der Waals surface area contributed by atoms with Gasteiger partial charge in [-0.1, -0.05) is 0 Å². The zero-order valence-electron chi connectivity index (χ0n) is 10.2. The van der Waals surface area contributed by atoms with Gasteiger partial charge in [-0.25, -0.2) is 17.2 Å². The predicted octanol–water partition coefficient (Wildman–Crippen LogP) is 0.228. The largest absolute Gasteiger partial charge is 0.306 e. The van der Waals surface area contributed by atoms with Crippen molar-refractivity contribution in [3.63, 3.8) is 0 Å². The Labute approximate surface area is 104 Å². The highest BCUT2D eigenvalue weighted by molar-refractivity contribution is 7.91. The van der Waals surface area contributed by atoms with Crippen molar-refractivity contribution in [3.8, 4) is 0 Å². The Morgan fingerprint density at radius 2 is 1.94 bits per heavy atom. The molecule has 0 saturated heterocycles. The number of carbonyl (C=O) groups excluding carboxylic acids is 1. The van der Waals surface area contributed by atoms with Gasteiger partial charge in [-0.15, -0.1) is 0 Å². The summed E-state index contributed by atoms with van der Waals surface area (Å²) in [5.74, 6) is -1.99. The van der Waals surface area contributed by atoms with Crippen LogP contribution in [0.25, 0.3) is 0 Å². The van der Waals surface area contributed by atoms with Gasteiger partial charge in [0.05, 0.1) is 4.75 Å².